The van der Waals surface area contributed by atoms with E-state index in [-0.39, 0.29) is 0 Å². The molecule has 0 aliphatic carbocycles. The van der Waals surface area contributed by atoms with Gasteiger partial charge in [-0.1, -0.05) is 20.3 Å². The van der Waals surface area contributed by atoms with Gasteiger partial charge in [-0.05, 0) is 20.8 Å². The number of hydrogen-bond acceptors (Lipinski definition) is 2. The Bertz CT molecular complexity index is 99.8. The third kappa shape index (κ3) is 26.4. The molecular weight excluding hydrogens is 124 g/mol. The fourth-order valence-electron chi connectivity index (χ4n) is 0.173. The molecule has 0 saturated carbocycles. The Morgan fingerprint density at radius 3 is 1.80 bits per heavy atom. The maximum absolute atomic E-state index is 3.73. The van der Waals surface area contributed by atoms with Crippen molar-refractivity contribution in [3.63, 3.8) is 0 Å². The molecule has 60 valence electrons. The predicted octanol–water partition coefficient (Wildman–Crippen LogP) is 2.89. The molecule has 0 unspecified atom stereocenters. The predicted molar refractivity (Wildman–Crippen MR) is 48.9 cm³/mol. The first-order valence-electron chi connectivity index (χ1n) is 3.67. The van der Waals surface area contributed by atoms with E-state index in [0.717, 1.165) is 5.71 Å². The van der Waals surface area contributed by atoms with Crippen molar-refractivity contribution < 1.29 is 0 Å². The summed E-state index contributed by atoms with van der Waals surface area (Å²) in [6.45, 7) is 9.91. The molecule has 0 radical (unpaired) electrons. The molecule has 0 fully saturated rings. The van der Waals surface area contributed by atoms with Crippen LogP contribution < -0.4 is 0 Å². The van der Waals surface area contributed by atoms with E-state index in [2.05, 4.69) is 24.1 Å². The van der Waals surface area contributed by atoms with E-state index in [1.165, 1.54) is 6.42 Å². The average Bonchev–Trinajstić information content (AvgIpc) is 1.85. The summed E-state index contributed by atoms with van der Waals surface area (Å²) in [4.78, 5) is 0. The minimum Gasteiger partial charge on any atom is -0.164 e. The van der Waals surface area contributed by atoms with Crippen LogP contribution in [-0.4, -0.2) is 11.9 Å². The molecule has 2 nitrogen and oxygen atoms in total. The van der Waals surface area contributed by atoms with Crippen molar-refractivity contribution in [2.75, 3.05) is 0 Å². The highest BCUT2D eigenvalue weighted by Gasteiger charge is 1.67. The van der Waals surface area contributed by atoms with Gasteiger partial charge in [0.15, 0.2) is 0 Å². The number of nitrogens with zero attached hydrogens (tertiary/aromatic N) is 2. The van der Waals surface area contributed by atoms with Crippen molar-refractivity contribution in [1.29, 1.82) is 0 Å². The molecule has 0 atom stereocenters. The van der Waals surface area contributed by atoms with Gasteiger partial charge in [-0.25, -0.2) is 0 Å². The summed E-state index contributed by atoms with van der Waals surface area (Å²) in [7, 11) is 0. The number of hydrogen-bond donors (Lipinski definition) is 0. The topological polar surface area (TPSA) is 24.7 Å². The van der Waals surface area contributed by atoms with Gasteiger partial charge in [-0.3, -0.25) is 0 Å². The largest absolute Gasteiger partial charge is 0.164 e. The molecule has 10 heavy (non-hydrogen) atoms. The lowest BCUT2D eigenvalue weighted by Crippen LogP contribution is -1.75. The van der Waals surface area contributed by atoms with Gasteiger partial charge in [0.05, 0.1) is 0 Å². The zero-order valence-corrected chi connectivity index (χ0v) is 7.68. The SMILES string of the molecule is C/C=N\N=C(C)C.CCC. The third-order valence-electron chi connectivity index (χ3n) is 0.373. The maximum atomic E-state index is 3.73. The quantitative estimate of drug-likeness (QED) is 0.397. The molecule has 0 amide bonds. The van der Waals surface area contributed by atoms with Crippen molar-refractivity contribution in [3.8, 4) is 0 Å². The van der Waals surface area contributed by atoms with E-state index in [1.54, 1.807) is 6.21 Å². The van der Waals surface area contributed by atoms with Gasteiger partial charge in [0.2, 0.25) is 0 Å². The lowest BCUT2D eigenvalue weighted by atomic mass is 10.5. The Hall–Kier alpha value is -0.660. The van der Waals surface area contributed by atoms with Crippen LogP contribution in [0.1, 0.15) is 41.0 Å². The first-order chi connectivity index (χ1) is 4.68. The van der Waals surface area contributed by atoms with Crippen LogP contribution in [0.2, 0.25) is 0 Å². The molecule has 0 saturated heterocycles. The molecule has 0 N–H and O–H groups in total. The average molecular weight is 142 g/mol. The third-order valence-corrected chi connectivity index (χ3v) is 0.373. The molecule has 0 aromatic rings. The summed E-state index contributed by atoms with van der Waals surface area (Å²) in [5.41, 5.74) is 0.984. The van der Waals surface area contributed by atoms with Gasteiger partial charge in [0.25, 0.3) is 0 Å². The molecular formula is C8H18N2. The lowest BCUT2D eigenvalue weighted by Gasteiger charge is -1.77. The van der Waals surface area contributed by atoms with Gasteiger partial charge in [0, 0.05) is 11.9 Å². The van der Waals surface area contributed by atoms with Crippen molar-refractivity contribution in [2.24, 2.45) is 10.2 Å². The lowest BCUT2D eigenvalue weighted by molar-refractivity contribution is 1.09. The molecule has 0 rings (SSSR count). The highest BCUT2D eigenvalue weighted by Crippen LogP contribution is 1.72. The molecule has 0 bridgehead atoms. The molecule has 0 aliphatic heterocycles. The van der Waals surface area contributed by atoms with E-state index < -0.39 is 0 Å². The second-order valence-electron chi connectivity index (χ2n) is 2.13. The standard InChI is InChI=1S/C5H10N2.C3H8/c1-4-6-7-5(2)3;1-3-2/h4H,1-3H3;3H2,1-2H3/b6-4-;. The Morgan fingerprint density at radius 2 is 1.70 bits per heavy atom. The van der Waals surface area contributed by atoms with Gasteiger partial charge in [0.1, 0.15) is 0 Å². The normalized spacial score (nSPS) is 8.50. The summed E-state index contributed by atoms with van der Waals surface area (Å²) in [6.07, 6.45) is 2.91. The monoisotopic (exact) mass is 142 g/mol. The van der Waals surface area contributed by atoms with Crippen LogP contribution in [-0.2, 0) is 0 Å². The van der Waals surface area contributed by atoms with Crippen LogP contribution in [0, 0.1) is 0 Å². The van der Waals surface area contributed by atoms with Gasteiger partial charge in [-0.2, -0.15) is 10.2 Å². The van der Waals surface area contributed by atoms with Crippen LogP contribution in [0.4, 0.5) is 0 Å². The first-order valence-corrected chi connectivity index (χ1v) is 3.67. The zero-order valence-electron chi connectivity index (χ0n) is 7.68. The van der Waals surface area contributed by atoms with Crippen molar-refractivity contribution in [3.05, 3.63) is 0 Å². The van der Waals surface area contributed by atoms with Crippen LogP contribution in [0.25, 0.3) is 0 Å². The Labute approximate surface area is 64.1 Å². The van der Waals surface area contributed by atoms with Crippen LogP contribution in [0.5, 0.6) is 0 Å². The minimum absolute atomic E-state index is 0.984. The molecule has 2 heteroatoms. The molecule has 0 aliphatic rings. The van der Waals surface area contributed by atoms with Crippen molar-refractivity contribution >= 4 is 11.9 Å². The summed E-state index contributed by atoms with van der Waals surface area (Å²) < 4.78 is 0. The van der Waals surface area contributed by atoms with Crippen LogP contribution in [0.3, 0.4) is 0 Å². The molecule has 0 aromatic carbocycles. The van der Waals surface area contributed by atoms with Crippen molar-refractivity contribution in [1.82, 2.24) is 0 Å². The smallest absolute Gasteiger partial charge is 0.0344 e. The van der Waals surface area contributed by atoms with Crippen LogP contribution >= 0.6 is 0 Å². The first kappa shape index (κ1) is 12.1. The summed E-state index contributed by atoms with van der Waals surface area (Å²) >= 11 is 0. The Balaban J connectivity index is 0. The molecule has 0 spiro atoms. The highest BCUT2D eigenvalue weighted by molar-refractivity contribution is 5.79. The summed E-state index contributed by atoms with van der Waals surface area (Å²) in [5.74, 6) is 0. The van der Waals surface area contributed by atoms with E-state index in [4.69, 9.17) is 0 Å². The fourth-order valence-corrected chi connectivity index (χ4v) is 0.173. The zero-order chi connectivity index (χ0) is 8.41. The van der Waals surface area contributed by atoms with Gasteiger partial charge in [-0.15, -0.1) is 0 Å². The Morgan fingerprint density at radius 1 is 1.30 bits per heavy atom. The van der Waals surface area contributed by atoms with Gasteiger partial charge >= 0.3 is 0 Å². The second kappa shape index (κ2) is 11.2. The molecule has 0 aromatic heterocycles. The maximum Gasteiger partial charge on any atom is 0.0344 e. The Kier molecular flexibility index (Phi) is 13.5. The van der Waals surface area contributed by atoms with Gasteiger partial charge < -0.3 is 0 Å². The van der Waals surface area contributed by atoms with E-state index in [1.807, 2.05) is 20.8 Å². The summed E-state index contributed by atoms with van der Waals surface area (Å²) in [5, 5.41) is 7.36. The van der Waals surface area contributed by atoms with Crippen LogP contribution in [0.15, 0.2) is 10.2 Å². The fraction of sp³-hybridized carbons (Fsp3) is 0.750. The van der Waals surface area contributed by atoms with E-state index >= 15 is 0 Å². The minimum atomic E-state index is 0.984. The van der Waals surface area contributed by atoms with Crippen molar-refractivity contribution in [2.45, 2.75) is 41.0 Å². The van der Waals surface area contributed by atoms with E-state index in [0.29, 0.717) is 0 Å². The second-order valence-corrected chi connectivity index (χ2v) is 2.13. The summed E-state index contributed by atoms with van der Waals surface area (Å²) in [6, 6.07) is 0. The van der Waals surface area contributed by atoms with E-state index in [9.17, 15) is 0 Å². The molecule has 0 heterocycles. The number of rotatable bonds is 1. The highest BCUT2D eigenvalue weighted by atomic mass is 15.2.